The Kier molecular flexibility index (Phi) is 13.3. The summed E-state index contributed by atoms with van der Waals surface area (Å²) >= 11 is 0. The predicted octanol–water partition coefficient (Wildman–Crippen LogP) is 8.41. The summed E-state index contributed by atoms with van der Waals surface area (Å²) in [6, 6.07) is 17.1. The molecule has 2 aliphatic rings. The summed E-state index contributed by atoms with van der Waals surface area (Å²) in [6.45, 7) is 10.6. The second-order valence-corrected chi connectivity index (χ2v) is 12.7. The van der Waals surface area contributed by atoms with Crippen molar-refractivity contribution in [1.82, 2.24) is 19.8 Å². The van der Waals surface area contributed by atoms with Crippen LogP contribution in [0.1, 0.15) is 62.6 Å². The zero-order chi connectivity index (χ0) is 36.3. The lowest BCUT2D eigenvalue weighted by molar-refractivity contribution is 0.0867. The molecule has 0 radical (unpaired) electrons. The predicted molar refractivity (Wildman–Crippen MR) is 204 cm³/mol. The Hall–Kier alpha value is -4.60. The van der Waals surface area contributed by atoms with Crippen molar-refractivity contribution in [3.8, 4) is 51.3 Å². The van der Waals surface area contributed by atoms with Gasteiger partial charge in [0.05, 0.1) is 46.9 Å². The highest BCUT2D eigenvalue weighted by Gasteiger charge is 2.28. The van der Waals surface area contributed by atoms with E-state index in [2.05, 4.69) is 70.3 Å². The number of allylic oxidation sites excluding steroid dienone is 1. The van der Waals surface area contributed by atoms with Crippen molar-refractivity contribution in [2.24, 2.45) is 0 Å². The molecule has 2 aromatic carbocycles. The largest absolute Gasteiger partial charge is 0.493 e. The quantitative estimate of drug-likeness (QED) is 0.128. The van der Waals surface area contributed by atoms with Crippen LogP contribution in [0.4, 0.5) is 0 Å². The number of methoxy groups -OCH3 is 5. The summed E-state index contributed by atoms with van der Waals surface area (Å²) in [7, 11) is 8.30. The molecule has 9 nitrogen and oxygen atoms in total. The Morgan fingerprint density at radius 1 is 0.686 bits per heavy atom. The van der Waals surface area contributed by atoms with Crippen LogP contribution in [0, 0.1) is 0 Å². The van der Waals surface area contributed by atoms with Crippen molar-refractivity contribution in [2.75, 3.05) is 55.2 Å². The molecule has 0 spiro atoms. The van der Waals surface area contributed by atoms with Gasteiger partial charge in [-0.15, -0.1) is 0 Å². The van der Waals surface area contributed by atoms with Crippen LogP contribution in [-0.4, -0.2) is 81.0 Å². The van der Waals surface area contributed by atoms with Crippen molar-refractivity contribution < 1.29 is 23.7 Å². The van der Waals surface area contributed by atoms with Crippen LogP contribution >= 0.6 is 0 Å². The average Bonchev–Trinajstić information content (AvgIpc) is 3.15. The SMILES string of the molecule is C/C=C\[C@H]1CN(Cc2ccnc(-c3cc(OC)c(OC)c(OC)c3)c2)CCN1Cc1ccnc(-c2cc(OC)c(OC)c(C3CCC3)c2)c1.CC. The summed E-state index contributed by atoms with van der Waals surface area (Å²) in [4.78, 5) is 14.6. The molecule has 2 fully saturated rings. The fraction of sp³-hybridized carbons (Fsp3) is 0.429. The van der Waals surface area contributed by atoms with Crippen molar-refractivity contribution in [2.45, 2.75) is 65.1 Å². The zero-order valence-electron chi connectivity index (χ0n) is 31.6. The number of rotatable bonds is 13. The van der Waals surface area contributed by atoms with E-state index < -0.39 is 0 Å². The minimum absolute atomic E-state index is 0.290. The van der Waals surface area contributed by atoms with Gasteiger partial charge in [-0.2, -0.15) is 0 Å². The first kappa shape index (κ1) is 37.7. The number of benzene rings is 2. The van der Waals surface area contributed by atoms with Crippen LogP contribution < -0.4 is 23.7 Å². The van der Waals surface area contributed by atoms with Crippen LogP contribution in [0.3, 0.4) is 0 Å². The summed E-state index contributed by atoms with van der Waals surface area (Å²) in [5.74, 6) is 3.92. The number of aromatic nitrogens is 2. The molecule has 0 N–H and O–H groups in total. The number of nitrogens with zero attached hydrogens (tertiary/aromatic N) is 4. The molecule has 0 amide bonds. The number of hydrogen-bond donors (Lipinski definition) is 0. The fourth-order valence-electron chi connectivity index (χ4n) is 7.00. The molecular formula is C42H54N4O5. The van der Waals surface area contributed by atoms with Gasteiger partial charge in [-0.25, -0.2) is 0 Å². The van der Waals surface area contributed by atoms with Gasteiger partial charge in [0.1, 0.15) is 0 Å². The van der Waals surface area contributed by atoms with Gasteiger partial charge in [0, 0.05) is 67.8 Å². The van der Waals surface area contributed by atoms with Gasteiger partial charge >= 0.3 is 0 Å². The van der Waals surface area contributed by atoms with Gasteiger partial charge in [0.2, 0.25) is 5.75 Å². The summed E-state index contributed by atoms with van der Waals surface area (Å²) < 4.78 is 28.2. The summed E-state index contributed by atoms with van der Waals surface area (Å²) in [5, 5.41) is 0. The minimum Gasteiger partial charge on any atom is -0.493 e. The highest BCUT2D eigenvalue weighted by Crippen LogP contribution is 2.46. The topological polar surface area (TPSA) is 78.4 Å². The van der Waals surface area contributed by atoms with E-state index in [1.54, 1.807) is 35.5 Å². The Bertz CT molecular complexity index is 1750. The number of hydrogen-bond acceptors (Lipinski definition) is 9. The first-order valence-electron chi connectivity index (χ1n) is 18.0. The van der Waals surface area contributed by atoms with Crippen LogP contribution in [0.5, 0.6) is 28.7 Å². The van der Waals surface area contributed by atoms with Gasteiger partial charge < -0.3 is 23.7 Å². The molecule has 1 aliphatic heterocycles. The lowest BCUT2D eigenvalue weighted by atomic mass is 9.79. The maximum atomic E-state index is 5.79. The number of pyridine rings is 2. The van der Waals surface area contributed by atoms with Gasteiger partial charge in [-0.1, -0.05) is 32.4 Å². The molecule has 1 aliphatic carbocycles. The third kappa shape index (κ3) is 8.65. The van der Waals surface area contributed by atoms with Gasteiger partial charge in [0.25, 0.3) is 0 Å². The second kappa shape index (κ2) is 18.1. The van der Waals surface area contributed by atoms with Gasteiger partial charge in [0.15, 0.2) is 23.0 Å². The van der Waals surface area contributed by atoms with Crippen molar-refractivity contribution >= 4 is 0 Å². The normalized spacial score (nSPS) is 16.6. The van der Waals surface area contributed by atoms with Crippen molar-refractivity contribution in [3.05, 3.63) is 89.8 Å². The zero-order valence-corrected chi connectivity index (χ0v) is 31.6. The van der Waals surface area contributed by atoms with E-state index in [1.165, 1.54) is 36.0 Å². The van der Waals surface area contributed by atoms with E-state index in [0.29, 0.717) is 23.2 Å². The molecule has 1 saturated heterocycles. The Labute approximate surface area is 304 Å². The second-order valence-electron chi connectivity index (χ2n) is 12.7. The van der Waals surface area contributed by atoms with Crippen LogP contribution in [0.15, 0.2) is 73.1 Å². The Morgan fingerprint density at radius 3 is 1.75 bits per heavy atom. The smallest absolute Gasteiger partial charge is 0.203 e. The third-order valence-electron chi connectivity index (χ3n) is 9.78. The molecule has 9 heteroatoms. The molecule has 3 heterocycles. The van der Waals surface area contributed by atoms with E-state index in [1.807, 2.05) is 38.4 Å². The maximum Gasteiger partial charge on any atom is 0.203 e. The number of piperazine rings is 1. The fourth-order valence-corrected chi connectivity index (χ4v) is 7.00. The number of ether oxygens (including phenoxy) is 5. The molecule has 0 unspecified atom stereocenters. The van der Waals surface area contributed by atoms with Crippen LogP contribution in [-0.2, 0) is 13.1 Å². The van der Waals surface area contributed by atoms with Crippen molar-refractivity contribution in [3.63, 3.8) is 0 Å². The van der Waals surface area contributed by atoms with E-state index in [-0.39, 0.29) is 6.04 Å². The lowest BCUT2D eigenvalue weighted by Crippen LogP contribution is -2.51. The molecule has 272 valence electrons. The van der Waals surface area contributed by atoms with Crippen molar-refractivity contribution in [1.29, 1.82) is 0 Å². The molecule has 1 saturated carbocycles. The van der Waals surface area contributed by atoms with Crippen LogP contribution in [0.2, 0.25) is 0 Å². The van der Waals surface area contributed by atoms with Crippen LogP contribution in [0.25, 0.3) is 22.5 Å². The van der Waals surface area contributed by atoms with Gasteiger partial charge in [-0.3, -0.25) is 19.8 Å². The minimum atomic E-state index is 0.290. The van der Waals surface area contributed by atoms with E-state index in [4.69, 9.17) is 28.7 Å². The monoisotopic (exact) mass is 694 g/mol. The third-order valence-corrected chi connectivity index (χ3v) is 9.78. The standard InChI is InChI=1S/C40H48N4O5.C2H6/c1-7-9-32-26-43(24-27-12-14-42-35(18-27)31-22-37(46-3)40(49-6)38(23-31)47-4)16-17-44(32)25-28-13-15-41-34(19-28)30-20-33(29-10-8-11-29)39(48-5)36(21-30)45-2;1-2/h7,9,12-15,18-23,29,32H,8,10-11,16-17,24-26H2,1-6H3;1-2H3/b9-7-;/t32-;/m0./s1. The first-order chi connectivity index (χ1) is 25.0. The van der Waals surface area contributed by atoms with E-state index >= 15 is 0 Å². The van der Waals surface area contributed by atoms with E-state index in [0.717, 1.165) is 66.7 Å². The highest BCUT2D eigenvalue weighted by molar-refractivity contribution is 5.69. The van der Waals surface area contributed by atoms with Gasteiger partial charge in [-0.05, 0) is 85.3 Å². The molecule has 2 aromatic heterocycles. The molecule has 0 bridgehead atoms. The molecule has 1 atom stereocenters. The average molecular weight is 695 g/mol. The van der Waals surface area contributed by atoms with E-state index in [9.17, 15) is 0 Å². The summed E-state index contributed by atoms with van der Waals surface area (Å²) in [5.41, 5.74) is 7.49. The summed E-state index contributed by atoms with van der Waals surface area (Å²) in [6.07, 6.45) is 11.9. The molecule has 6 rings (SSSR count). The molecule has 4 aromatic rings. The maximum absolute atomic E-state index is 5.79. The molecule has 51 heavy (non-hydrogen) atoms. The highest BCUT2D eigenvalue weighted by atomic mass is 16.5. The Balaban J connectivity index is 0.00000248. The Morgan fingerprint density at radius 2 is 1.24 bits per heavy atom. The first-order valence-corrected chi connectivity index (χ1v) is 18.0. The lowest BCUT2D eigenvalue weighted by Gasteiger charge is -2.40. The molecular weight excluding hydrogens is 640 g/mol.